The zero-order valence-electron chi connectivity index (χ0n) is 38.2. The maximum absolute atomic E-state index is 8.18. The molecular formula is C38H80O11Si8. The number of hydrogen-bond donors (Lipinski definition) is 0. The minimum absolute atomic E-state index is 0.187. The Labute approximate surface area is 355 Å². The average Bonchev–Trinajstić information content (AvgIpc) is 3.72. The molecule has 0 radical (unpaired) electrons. The molecule has 8 rings (SSSR count). The molecule has 0 amide bonds. The van der Waals surface area contributed by atoms with Crippen molar-refractivity contribution in [2.24, 2.45) is 59.2 Å². The number of fused-ring (bicyclic) bond motifs is 1. The second-order valence-corrected chi connectivity index (χ2v) is 48.0. The monoisotopic (exact) mass is 936 g/mol. The van der Waals surface area contributed by atoms with Crippen LogP contribution >= 0.6 is 0 Å². The molecule has 8 aliphatic rings. The molecule has 57 heavy (non-hydrogen) atoms. The lowest BCUT2D eigenvalue weighted by Crippen LogP contribution is -2.88. The Kier molecular flexibility index (Phi) is 13.6. The third-order valence-electron chi connectivity index (χ3n) is 12.3. The van der Waals surface area contributed by atoms with E-state index in [1.54, 1.807) is 0 Å². The van der Waals surface area contributed by atoms with Gasteiger partial charge in [-0.1, -0.05) is 103 Å². The molecule has 0 aromatic rings. The molecule has 6 aliphatic heterocycles. The van der Waals surface area contributed by atoms with Crippen LogP contribution in [0.1, 0.15) is 129 Å². The van der Waals surface area contributed by atoms with Gasteiger partial charge in [-0.05, 0) is 97.0 Å². The van der Waals surface area contributed by atoms with Gasteiger partial charge in [0.25, 0.3) is 0 Å². The van der Waals surface area contributed by atoms with E-state index in [0.717, 1.165) is 30.3 Å². The molecule has 2 saturated carbocycles. The minimum Gasteiger partial charge on any atom is -0.394 e. The highest BCUT2D eigenvalue weighted by Crippen LogP contribution is 2.58. The summed E-state index contributed by atoms with van der Waals surface area (Å²) in [5, 5.41) is 0. The van der Waals surface area contributed by atoms with E-state index in [4.69, 9.17) is 45.3 Å². The Morgan fingerprint density at radius 1 is 0.351 bits per heavy atom. The Morgan fingerprint density at radius 2 is 0.667 bits per heavy atom. The lowest BCUT2D eigenvalue weighted by Gasteiger charge is -2.64. The van der Waals surface area contributed by atoms with E-state index in [2.05, 4.69) is 96.9 Å². The minimum atomic E-state index is -3.82. The summed E-state index contributed by atoms with van der Waals surface area (Å²) in [6.07, 6.45) is 6.28. The van der Waals surface area contributed by atoms with Crippen LogP contribution in [0.25, 0.3) is 0 Å². The van der Waals surface area contributed by atoms with Gasteiger partial charge >= 0.3 is 69.9 Å². The smallest absolute Gasteiger partial charge is 0.394 e. The van der Waals surface area contributed by atoms with E-state index in [0.29, 0.717) is 47.8 Å². The average molecular weight is 938 g/mol. The molecule has 11 unspecified atom stereocenters. The van der Waals surface area contributed by atoms with Gasteiger partial charge < -0.3 is 45.3 Å². The van der Waals surface area contributed by atoms with Gasteiger partial charge in [0.1, 0.15) is 0 Å². The van der Waals surface area contributed by atoms with Gasteiger partial charge in [-0.25, -0.2) is 0 Å². The largest absolute Gasteiger partial charge is 0.479 e. The second kappa shape index (κ2) is 16.7. The highest BCUT2D eigenvalue weighted by Gasteiger charge is 2.82. The van der Waals surface area contributed by atoms with Crippen LogP contribution in [0.5, 0.6) is 0 Å². The van der Waals surface area contributed by atoms with Crippen LogP contribution < -0.4 is 0 Å². The normalized spacial score (nSPS) is 45.3. The van der Waals surface area contributed by atoms with Crippen molar-refractivity contribution >= 4 is 69.9 Å². The molecule has 6 heterocycles. The molecule has 0 N–H and O–H groups in total. The van der Waals surface area contributed by atoms with E-state index < -0.39 is 69.9 Å². The molecule has 19 heteroatoms. The second-order valence-electron chi connectivity index (χ2n) is 22.4. The topological polar surface area (TPSA) is 102 Å². The summed E-state index contributed by atoms with van der Waals surface area (Å²) < 4.78 is 88.2. The summed E-state index contributed by atoms with van der Waals surface area (Å²) in [7, 11) is -29.4. The van der Waals surface area contributed by atoms with Crippen LogP contribution in [0.15, 0.2) is 0 Å². The van der Waals surface area contributed by atoms with Crippen molar-refractivity contribution in [3.63, 3.8) is 0 Å². The highest BCUT2D eigenvalue weighted by atomic mass is 28.6. The Bertz CT molecular complexity index is 1270. The molecule has 0 aromatic carbocycles. The van der Waals surface area contributed by atoms with E-state index in [9.17, 15) is 0 Å². The quantitative estimate of drug-likeness (QED) is 0.130. The first-order valence-corrected chi connectivity index (χ1v) is 39.2. The molecule has 8 fully saturated rings. The lowest BCUT2D eigenvalue weighted by atomic mass is 9.87. The van der Waals surface area contributed by atoms with Crippen molar-refractivity contribution in [3.05, 3.63) is 0 Å². The number of rotatable bonds is 17. The van der Waals surface area contributed by atoms with Crippen molar-refractivity contribution in [2.75, 3.05) is 0 Å². The maximum atomic E-state index is 8.18. The molecule has 0 aromatic heterocycles. The first-order chi connectivity index (χ1) is 26.4. The van der Waals surface area contributed by atoms with Gasteiger partial charge in [-0.3, -0.25) is 0 Å². The van der Waals surface area contributed by atoms with Gasteiger partial charge in [-0.2, -0.15) is 0 Å². The SMILES string of the molecule is CC(C)C[Si]12C[Si]3(CC(C)C)O[Si]4(CC(C)C)O[Si](CCC5CCC6CC6C5)(O1)O[Si]1(CC(C)C)O[Si](CC(C)C)(O2)O[Si](CC(C)C)(O3)O[Si](CC(C)C)(O4)O1. The predicted octanol–water partition coefficient (Wildman–Crippen LogP) is 10.7. The first kappa shape index (κ1) is 46.3. The third kappa shape index (κ3) is 10.5. The van der Waals surface area contributed by atoms with Gasteiger partial charge in [-0.15, -0.1) is 0 Å². The van der Waals surface area contributed by atoms with Crippen LogP contribution in [-0.4, -0.2) is 69.9 Å². The molecule has 8 bridgehead atoms. The molecule has 6 saturated heterocycles. The van der Waals surface area contributed by atoms with Crippen molar-refractivity contribution in [1.82, 2.24) is 0 Å². The van der Waals surface area contributed by atoms with Gasteiger partial charge in [0, 0.05) is 41.9 Å². The van der Waals surface area contributed by atoms with Crippen LogP contribution in [0.3, 0.4) is 0 Å². The standard InChI is InChI=1S/C38H80O11Si8/c1-29(2)21-50-28-51(22-30(3)4)41-53(23-31(5)6)43-52(39-50,18-17-36-15-16-37-20-38(37)19-36)44-56(26-34(11)12)47-54(40-50,24-32(7)8)45-55(42-51,25-33(9)10)48-57(46-53,49-56)27-35(13)14/h29-38H,15-28H2,1-14H3. The molecule has 330 valence electrons. The summed E-state index contributed by atoms with van der Waals surface area (Å²) in [4.78, 5) is 0. The van der Waals surface area contributed by atoms with Crippen molar-refractivity contribution in [3.8, 4) is 0 Å². The summed E-state index contributed by atoms with van der Waals surface area (Å²) in [6, 6.07) is 5.15. The van der Waals surface area contributed by atoms with Crippen LogP contribution in [0, 0.1) is 59.2 Å². The van der Waals surface area contributed by atoms with Crippen molar-refractivity contribution in [2.45, 2.75) is 183 Å². The fourth-order valence-corrected chi connectivity index (χ4v) is 68.4. The van der Waals surface area contributed by atoms with Gasteiger partial charge in [0.05, 0.1) is 0 Å². The fraction of sp³-hybridized carbons (Fsp3) is 1.00. The summed E-state index contributed by atoms with van der Waals surface area (Å²) >= 11 is 0. The Balaban J connectivity index is 1.53. The first-order valence-electron chi connectivity index (χ1n) is 23.2. The van der Waals surface area contributed by atoms with Crippen molar-refractivity contribution < 1.29 is 45.3 Å². The molecule has 2 aliphatic carbocycles. The Hall–Kier alpha value is 1.30. The molecule has 11 atom stereocenters. The summed E-state index contributed by atoms with van der Waals surface area (Å²) in [5.74, 6) is 4.01. The fourth-order valence-electron chi connectivity index (χ4n) is 11.2. The van der Waals surface area contributed by atoms with Crippen LogP contribution in [0.2, 0.25) is 54.0 Å². The zero-order chi connectivity index (χ0) is 41.5. The van der Waals surface area contributed by atoms with Gasteiger partial charge in [0.2, 0.25) is 0 Å². The van der Waals surface area contributed by atoms with Crippen molar-refractivity contribution in [1.29, 1.82) is 0 Å². The lowest BCUT2D eigenvalue weighted by molar-refractivity contribution is -0.00358. The van der Waals surface area contributed by atoms with E-state index in [1.165, 1.54) is 25.7 Å². The number of hydrogen-bond acceptors (Lipinski definition) is 11. The summed E-state index contributed by atoms with van der Waals surface area (Å²) in [5.41, 5.74) is 0.620. The Morgan fingerprint density at radius 3 is 1.00 bits per heavy atom. The van der Waals surface area contributed by atoms with Gasteiger partial charge in [0.15, 0.2) is 0 Å². The molecule has 0 spiro atoms. The predicted molar refractivity (Wildman–Crippen MR) is 239 cm³/mol. The third-order valence-corrected chi connectivity index (χ3v) is 55.3. The summed E-state index contributed by atoms with van der Waals surface area (Å²) in [6.45, 7) is 31.5. The van der Waals surface area contributed by atoms with E-state index in [-0.39, 0.29) is 41.4 Å². The van der Waals surface area contributed by atoms with Crippen LogP contribution in [-0.2, 0) is 45.3 Å². The maximum Gasteiger partial charge on any atom is 0.479 e. The van der Waals surface area contributed by atoms with E-state index >= 15 is 0 Å². The van der Waals surface area contributed by atoms with Crippen LogP contribution in [0.4, 0.5) is 0 Å². The molecular weight excluding hydrogens is 857 g/mol. The molecule has 11 nitrogen and oxygen atoms in total. The van der Waals surface area contributed by atoms with E-state index in [1.807, 2.05) is 0 Å². The highest BCUT2D eigenvalue weighted by molar-refractivity contribution is 7.06. The zero-order valence-corrected chi connectivity index (χ0v) is 46.2.